The second kappa shape index (κ2) is 10.1. The molecule has 1 aliphatic rings. The van der Waals surface area contributed by atoms with Gasteiger partial charge in [0.05, 0.1) is 17.6 Å². The van der Waals surface area contributed by atoms with E-state index in [1.54, 1.807) is 0 Å². The van der Waals surface area contributed by atoms with Crippen molar-refractivity contribution in [2.45, 2.75) is 13.1 Å². The van der Waals surface area contributed by atoms with Crippen LogP contribution in [0.3, 0.4) is 0 Å². The molecule has 0 unspecified atom stereocenters. The Balaban J connectivity index is 1.66. The summed E-state index contributed by atoms with van der Waals surface area (Å²) in [6.07, 6.45) is 0. The summed E-state index contributed by atoms with van der Waals surface area (Å²) in [4.78, 5) is 39.6. The van der Waals surface area contributed by atoms with E-state index >= 15 is 0 Å². The summed E-state index contributed by atoms with van der Waals surface area (Å²) in [5.41, 5.74) is 1.74. The zero-order valence-corrected chi connectivity index (χ0v) is 17.7. The number of rotatable bonds is 7. The van der Waals surface area contributed by atoms with E-state index in [2.05, 4.69) is 33.0 Å². The van der Waals surface area contributed by atoms with Gasteiger partial charge in [-0.25, -0.2) is 4.79 Å². The Kier molecular flexibility index (Phi) is 7.32. The molecule has 1 N–H and O–H groups in total. The lowest BCUT2D eigenvalue weighted by Gasteiger charge is -2.32. The number of methoxy groups -OCH3 is 1. The molecule has 1 saturated heterocycles. The normalized spacial score (nSPS) is 14.8. The van der Waals surface area contributed by atoms with Crippen molar-refractivity contribution in [3.05, 3.63) is 74.8 Å². The molecule has 3 rings (SSSR count). The van der Waals surface area contributed by atoms with Gasteiger partial charge in [0, 0.05) is 57.0 Å². The minimum atomic E-state index is -0.741. The first kappa shape index (κ1) is 22.4. The SMILES string of the molecule is COC(=O)c1cc(C(=O)NCc2cccc(CN3CCN(C)CC3)c2)cc([N+](=O)[O-])c1. The van der Waals surface area contributed by atoms with Crippen LogP contribution in [0.4, 0.5) is 5.69 Å². The summed E-state index contributed by atoms with van der Waals surface area (Å²) in [7, 11) is 3.30. The van der Waals surface area contributed by atoms with Gasteiger partial charge < -0.3 is 15.0 Å². The molecule has 1 amide bonds. The first-order valence-electron chi connectivity index (χ1n) is 10.0. The van der Waals surface area contributed by atoms with Crippen LogP contribution in [0.25, 0.3) is 0 Å². The molecule has 31 heavy (non-hydrogen) atoms. The van der Waals surface area contributed by atoms with Crippen LogP contribution in [-0.2, 0) is 17.8 Å². The Morgan fingerprint density at radius 2 is 1.74 bits per heavy atom. The number of nitrogens with one attached hydrogen (secondary N) is 1. The molecule has 0 aliphatic carbocycles. The minimum Gasteiger partial charge on any atom is -0.465 e. The number of nitro benzene ring substituents is 1. The highest BCUT2D eigenvalue weighted by molar-refractivity contribution is 5.98. The first-order chi connectivity index (χ1) is 14.9. The van der Waals surface area contributed by atoms with Crippen LogP contribution in [0.1, 0.15) is 31.8 Å². The third-order valence-electron chi connectivity index (χ3n) is 5.26. The second-order valence-electron chi connectivity index (χ2n) is 7.60. The third kappa shape index (κ3) is 6.09. The maximum atomic E-state index is 12.6. The lowest BCUT2D eigenvalue weighted by atomic mass is 10.1. The molecule has 9 nitrogen and oxygen atoms in total. The van der Waals surface area contributed by atoms with Crippen molar-refractivity contribution < 1.29 is 19.2 Å². The van der Waals surface area contributed by atoms with E-state index in [0.717, 1.165) is 50.4 Å². The van der Waals surface area contributed by atoms with E-state index in [4.69, 9.17) is 0 Å². The zero-order chi connectivity index (χ0) is 22.4. The quantitative estimate of drug-likeness (QED) is 0.410. The molecule has 164 valence electrons. The number of esters is 1. The van der Waals surface area contributed by atoms with Crippen molar-refractivity contribution in [3.8, 4) is 0 Å². The Morgan fingerprint density at radius 3 is 2.42 bits per heavy atom. The largest absolute Gasteiger partial charge is 0.465 e. The maximum Gasteiger partial charge on any atom is 0.338 e. The van der Waals surface area contributed by atoms with Crippen LogP contribution in [0.2, 0.25) is 0 Å². The number of hydrogen-bond donors (Lipinski definition) is 1. The Labute approximate surface area is 180 Å². The molecule has 0 bridgehead atoms. The summed E-state index contributed by atoms with van der Waals surface area (Å²) >= 11 is 0. The van der Waals surface area contributed by atoms with Crippen molar-refractivity contribution in [1.29, 1.82) is 0 Å². The summed E-state index contributed by atoms with van der Waals surface area (Å²) in [6, 6.07) is 11.5. The lowest BCUT2D eigenvalue weighted by Crippen LogP contribution is -2.43. The maximum absolute atomic E-state index is 12.6. The van der Waals surface area contributed by atoms with E-state index in [1.165, 1.54) is 18.7 Å². The van der Waals surface area contributed by atoms with Gasteiger partial charge in [0.1, 0.15) is 0 Å². The van der Waals surface area contributed by atoms with Gasteiger partial charge in [-0.15, -0.1) is 0 Å². The van der Waals surface area contributed by atoms with Crippen molar-refractivity contribution in [2.24, 2.45) is 0 Å². The molecule has 0 radical (unpaired) electrons. The van der Waals surface area contributed by atoms with Gasteiger partial charge in [0.15, 0.2) is 0 Å². The number of ether oxygens (including phenoxy) is 1. The predicted molar refractivity (Wildman–Crippen MR) is 115 cm³/mol. The molecule has 1 aliphatic heterocycles. The Bertz CT molecular complexity index is 970. The van der Waals surface area contributed by atoms with E-state index in [9.17, 15) is 19.7 Å². The minimum absolute atomic E-state index is 0.0307. The predicted octanol–water partition coefficient (Wildman–Crippen LogP) is 2.06. The lowest BCUT2D eigenvalue weighted by molar-refractivity contribution is -0.384. The van der Waals surface area contributed by atoms with Crippen molar-refractivity contribution in [3.63, 3.8) is 0 Å². The summed E-state index contributed by atoms with van der Waals surface area (Å²) in [6.45, 7) is 5.26. The highest BCUT2D eigenvalue weighted by Crippen LogP contribution is 2.18. The molecular weight excluding hydrogens is 400 g/mol. The van der Waals surface area contributed by atoms with Gasteiger partial charge >= 0.3 is 5.97 Å². The number of carbonyl (C=O) groups excluding carboxylic acids is 2. The van der Waals surface area contributed by atoms with Crippen molar-refractivity contribution in [1.82, 2.24) is 15.1 Å². The third-order valence-corrected chi connectivity index (χ3v) is 5.26. The Morgan fingerprint density at radius 1 is 1.06 bits per heavy atom. The molecule has 1 fully saturated rings. The fraction of sp³-hybridized carbons (Fsp3) is 0.364. The van der Waals surface area contributed by atoms with Gasteiger partial charge in [0.2, 0.25) is 0 Å². The molecule has 2 aromatic rings. The highest BCUT2D eigenvalue weighted by Gasteiger charge is 2.18. The van der Waals surface area contributed by atoms with Crippen LogP contribution in [-0.4, -0.2) is 66.9 Å². The van der Waals surface area contributed by atoms with E-state index in [-0.39, 0.29) is 23.4 Å². The number of benzene rings is 2. The van der Waals surface area contributed by atoms with Gasteiger partial charge in [0.25, 0.3) is 11.6 Å². The average molecular weight is 426 g/mol. The van der Waals surface area contributed by atoms with E-state index in [0.29, 0.717) is 0 Å². The number of piperazine rings is 1. The molecule has 9 heteroatoms. The van der Waals surface area contributed by atoms with Crippen LogP contribution < -0.4 is 5.32 Å². The highest BCUT2D eigenvalue weighted by atomic mass is 16.6. The fourth-order valence-electron chi connectivity index (χ4n) is 3.47. The average Bonchev–Trinajstić information content (AvgIpc) is 2.78. The number of non-ortho nitro benzene ring substituents is 1. The monoisotopic (exact) mass is 426 g/mol. The van der Waals surface area contributed by atoms with Gasteiger partial charge in [-0.2, -0.15) is 0 Å². The standard InChI is InChI=1S/C22H26N4O5/c1-24-6-8-25(9-7-24)15-17-5-3-4-16(10-17)14-23-21(27)18-11-19(22(28)31-2)13-20(12-18)26(29)30/h3-5,10-13H,6-9,14-15H2,1-2H3,(H,23,27). The summed E-state index contributed by atoms with van der Waals surface area (Å²) in [5, 5.41) is 13.9. The molecule has 0 saturated carbocycles. The topological polar surface area (TPSA) is 105 Å². The number of nitrogens with zero attached hydrogens (tertiary/aromatic N) is 3. The fourth-order valence-corrected chi connectivity index (χ4v) is 3.47. The number of likely N-dealkylation sites (N-methyl/N-ethyl adjacent to an activating group) is 1. The molecular formula is C22H26N4O5. The molecule has 0 spiro atoms. The zero-order valence-electron chi connectivity index (χ0n) is 17.7. The summed E-state index contributed by atoms with van der Waals surface area (Å²) in [5.74, 6) is -1.24. The first-order valence-corrected chi connectivity index (χ1v) is 10.0. The van der Waals surface area contributed by atoms with E-state index in [1.807, 2.05) is 18.2 Å². The molecule has 0 aromatic heterocycles. The second-order valence-corrected chi connectivity index (χ2v) is 7.60. The van der Waals surface area contributed by atoms with Gasteiger partial charge in [-0.05, 0) is 24.2 Å². The van der Waals surface area contributed by atoms with E-state index < -0.39 is 16.8 Å². The molecule has 2 aromatic carbocycles. The molecule has 0 atom stereocenters. The number of hydrogen-bond acceptors (Lipinski definition) is 7. The van der Waals surface area contributed by atoms with Crippen LogP contribution in [0.15, 0.2) is 42.5 Å². The van der Waals surface area contributed by atoms with Crippen LogP contribution in [0.5, 0.6) is 0 Å². The number of nitro groups is 1. The summed E-state index contributed by atoms with van der Waals surface area (Å²) < 4.78 is 4.62. The van der Waals surface area contributed by atoms with Crippen molar-refractivity contribution >= 4 is 17.6 Å². The van der Waals surface area contributed by atoms with Crippen LogP contribution >= 0.6 is 0 Å². The smallest absolute Gasteiger partial charge is 0.338 e. The van der Waals surface area contributed by atoms with Crippen molar-refractivity contribution in [2.75, 3.05) is 40.3 Å². The number of carbonyl (C=O) groups is 2. The number of amides is 1. The van der Waals surface area contributed by atoms with Crippen LogP contribution in [0, 0.1) is 10.1 Å². The molecule has 1 heterocycles. The van der Waals surface area contributed by atoms with Gasteiger partial charge in [-0.3, -0.25) is 19.8 Å². The van der Waals surface area contributed by atoms with Gasteiger partial charge in [-0.1, -0.05) is 24.3 Å². The Hall–Kier alpha value is -3.30.